The summed E-state index contributed by atoms with van der Waals surface area (Å²) in [7, 11) is 0. The van der Waals surface area contributed by atoms with Crippen LogP contribution in [0.2, 0.25) is 0 Å². The van der Waals surface area contributed by atoms with E-state index in [0.717, 1.165) is 11.0 Å². The summed E-state index contributed by atoms with van der Waals surface area (Å²) < 4.78 is 1.89. The molecule has 0 aliphatic heterocycles. The van der Waals surface area contributed by atoms with Gasteiger partial charge in [-0.05, 0) is 29.5 Å². The number of aromatic nitrogens is 2. The van der Waals surface area contributed by atoms with Crippen LogP contribution >= 0.6 is 11.3 Å². The Kier molecular flexibility index (Phi) is 4.24. The van der Waals surface area contributed by atoms with Gasteiger partial charge >= 0.3 is 0 Å². The lowest BCUT2D eigenvalue weighted by Crippen LogP contribution is -2.33. The number of carbonyl (C=O) groups excluding carboxylic acids is 1. The smallest absolute Gasteiger partial charge is 0.240 e. The molecule has 0 saturated heterocycles. The molecule has 2 heterocycles. The van der Waals surface area contributed by atoms with Gasteiger partial charge in [0.15, 0.2) is 0 Å². The molecule has 1 amide bonds. The minimum atomic E-state index is 0.00949. The average Bonchev–Trinajstić information content (AvgIpc) is 3.15. The highest BCUT2D eigenvalue weighted by Crippen LogP contribution is 2.25. The van der Waals surface area contributed by atoms with Crippen molar-refractivity contribution in [3.05, 3.63) is 53.0 Å². The molecule has 0 bridgehead atoms. The van der Waals surface area contributed by atoms with Crippen molar-refractivity contribution in [2.75, 3.05) is 0 Å². The normalized spacial score (nSPS) is 12.7. The Balaban J connectivity index is 1.74. The maximum absolute atomic E-state index is 12.4. The number of fused-ring (bicyclic) bond motifs is 1. The number of nitrogens with one attached hydrogen (secondary N) is 1. The summed E-state index contributed by atoms with van der Waals surface area (Å²) in [6.45, 7) is 4.53. The fraction of sp³-hybridized carbons (Fsp3) is 0.294. The Hall–Kier alpha value is -2.14. The lowest BCUT2D eigenvalue weighted by molar-refractivity contribution is -0.122. The van der Waals surface area contributed by atoms with Gasteiger partial charge in [0.1, 0.15) is 6.54 Å². The first-order chi connectivity index (χ1) is 10.6. The molecule has 0 aliphatic carbocycles. The molecule has 3 aromatic rings. The molecule has 114 valence electrons. The van der Waals surface area contributed by atoms with Crippen LogP contribution in [0.5, 0.6) is 0 Å². The third-order valence-corrected chi connectivity index (χ3v) is 4.63. The fourth-order valence-electron chi connectivity index (χ4n) is 2.54. The maximum Gasteiger partial charge on any atom is 0.240 e. The van der Waals surface area contributed by atoms with Gasteiger partial charge in [0, 0.05) is 4.88 Å². The number of hydrogen-bond donors (Lipinski definition) is 1. The van der Waals surface area contributed by atoms with E-state index in [1.54, 1.807) is 17.7 Å². The second-order valence-corrected chi connectivity index (χ2v) is 6.65. The average molecular weight is 313 g/mol. The van der Waals surface area contributed by atoms with Crippen molar-refractivity contribution >= 4 is 28.3 Å². The highest BCUT2D eigenvalue weighted by Gasteiger charge is 2.19. The van der Waals surface area contributed by atoms with E-state index in [4.69, 9.17) is 0 Å². The molecular weight excluding hydrogens is 294 g/mol. The Morgan fingerprint density at radius 2 is 2.09 bits per heavy atom. The van der Waals surface area contributed by atoms with Crippen LogP contribution in [0.15, 0.2) is 48.1 Å². The minimum absolute atomic E-state index is 0.00949. The van der Waals surface area contributed by atoms with Gasteiger partial charge in [-0.25, -0.2) is 4.98 Å². The summed E-state index contributed by atoms with van der Waals surface area (Å²) in [6.07, 6.45) is 1.72. The third kappa shape index (κ3) is 3.04. The first-order valence-electron chi connectivity index (χ1n) is 7.38. The molecule has 5 heteroatoms. The molecule has 1 N–H and O–H groups in total. The SMILES string of the molecule is CC(C)[C@@H](NC(=O)Cn1cnc2ccccc21)c1cccs1. The van der Waals surface area contributed by atoms with Crippen LogP contribution < -0.4 is 5.32 Å². The van der Waals surface area contributed by atoms with E-state index in [1.807, 2.05) is 40.3 Å². The van der Waals surface area contributed by atoms with Gasteiger partial charge in [-0.1, -0.05) is 32.0 Å². The molecule has 1 atom stereocenters. The predicted octanol–water partition coefficient (Wildman–Crippen LogP) is 3.61. The van der Waals surface area contributed by atoms with E-state index in [9.17, 15) is 4.79 Å². The monoisotopic (exact) mass is 313 g/mol. The Morgan fingerprint density at radius 3 is 2.82 bits per heavy atom. The van der Waals surface area contributed by atoms with Crippen LogP contribution in [-0.4, -0.2) is 15.5 Å². The van der Waals surface area contributed by atoms with Crippen molar-refractivity contribution in [2.24, 2.45) is 5.92 Å². The van der Waals surface area contributed by atoms with Crippen LogP contribution in [0.4, 0.5) is 0 Å². The molecule has 4 nitrogen and oxygen atoms in total. The zero-order valence-corrected chi connectivity index (χ0v) is 13.5. The van der Waals surface area contributed by atoms with E-state index < -0.39 is 0 Å². The third-order valence-electron chi connectivity index (χ3n) is 3.67. The number of amides is 1. The van der Waals surface area contributed by atoms with Gasteiger partial charge in [0.25, 0.3) is 0 Å². The quantitative estimate of drug-likeness (QED) is 0.782. The summed E-state index contributed by atoms with van der Waals surface area (Å²) in [5, 5.41) is 5.19. The molecule has 2 aromatic heterocycles. The molecular formula is C17H19N3OS. The standard InChI is InChI=1S/C17H19N3OS/c1-12(2)17(15-8-5-9-22-15)19-16(21)10-20-11-18-13-6-3-4-7-14(13)20/h3-9,11-12,17H,10H2,1-2H3,(H,19,21)/t17-/m1/s1. The lowest BCUT2D eigenvalue weighted by Gasteiger charge is -2.21. The van der Waals surface area contributed by atoms with E-state index in [-0.39, 0.29) is 18.5 Å². The minimum Gasteiger partial charge on any atom is -0.347 e. The molecule has 1 aromatic carbocycles. The summed E-state index contributed by atoms with van der Waals surface area (Å²) in [4.78, 5) is 17.9. The second kappa shape index (κ2) is 6.32. The number of carbonyl (C=O) groups is 1. The largest absolute Gasteiger partial charge is 0.347 e. The number of benzene rings is 1. The van der Waals surface area contributed by atoms with Crippen LogP contribution in [0.3, 0.4) is 0 Å². The van der Waals surface area contributed by atoms with E-state index in [2.05, 4.69) is 30.2 Å². The molecule has 0 radical (unpaired) electrons. The molecule has 22 heavy (non-hydrogen) atoms. The van der Waals surface area contributed by atoms with Crippen molar-refractivity contribution in [1.29, 1.82) is 0 Å². The summed E-state index contributed by atoms with van der Waals surface area (Å²) in [5.74, 6) is 0.359. The zero-order chi connectivity index (χ0) is 15.5. The van der Waals surface area contributed by atoms with E-state index in [1.165, 1.54) is 4.88 Å². The first-order valence-corrected chi connectivity index (χ1v) is 8.26. The highest BCUT2D eigenvalue weighted by molar-refractivity contribution is 7.10. The Labute approximate surface area is 133 Å². The van der Waals surface area contributed by atoms with Crippen LogP contribution in [-0.2, 0) is 11.3 Å². The number of imidazole rings is 1. The second-order valence-electron chi connectivity index (χ2n) is 5.67. The molecule has 0 aliphatic rings. The number of nitrogens with zero attached hydrogens (tertiary/aromatic N) is 2. The fourth-order valence-corrected chi connectivity index (χ4v) is 3.49. The summed E-state index contributed by atoms with van der Waals surface area (Å²) in [6, 6.07) is 12.0. The van der Waals surface area contributed by atoms with Crippen LogP contribution in [0, 0.1) is 5.92 Å². The maximum atomic E-state index is 12.4. The highest BCUT2D eigenvalue weighted by atomic mass is 32.1. The van der Waals surface area contributed by atoms with Crippen molar-refractivity contribution < 1.29 is 4.79 Å². The van der Waals surface area contributed by atoms with E-state index in [0.29, 0.717) is 5.92 Å². The Bertz CT molecular complexity index is 761. The topological polar surface area (TPSA) is 46.9 Å². The summed E-state index contributed by atoms with van der Waals surface area (Å²) in [5.41, 5.74) is 1.89. The van der Waals surface area contributed by atoms with Crippen molar-refractivity contribution in [3.63, 3.8) is 0 Å². The lowest BCUT2D eigenvalue weighted by atomic mass is 10.0. The zero-order valence-electron chi connectivity index (χ0n) is 12.7. The molecule has 3 rings (SSSR count). The number of para-hydroxylation sites is 2. The summed E-state index contributed by atoms with van der Waals surface area (Å²) >= 11 is 1.68. The van der Waals surface area contributed by atoms with Crippen molar-refractivity contribution in [3.8, 4) is 0 Å². The van der Waals surface area contributed by atoms with Gasteiger partial charge in [0.2, 0.25) is 5.91 Å². The van der Waals surface area contributed by atoms with Gasteiger partial charge in [-0.15, -0.1) is 11.3 Å². The van der Waals surface area contributed by atoms with E-state index >= 15 is 0 Å². The molecule has 0 spiro atoms. The predicted molar refractivity (Wildman–Crippen MR) is 89.8 cm³/mol. The number of hydrogen-bond acceptors (Lipinski definition) is 3. The number of thiophene rings is 1. The Morgan fingerprint density at radius 1 is 1.27 bits per heavy atom. The molecule has 0 saturated carbocycles. The van der Waals surface area contributed by atoms with Crippen molar-refractivity contribution in [1.82, 2.24) is 14.9 Å². The van der Waals surface area contributed by atoms with Gasteiger partial charge in [0.05, 0.1) is 23.4 Å². The van der Waals surface area contributed by atoms with Gasteiger partial charge in [-0.2, -0.15) is 0 Å². The van der Waals surface area contributed by atoms with Crippen LogP contribution in [0.25, 0.3) is 11.0 Å². The van der Waals surface area contributed by atoms with Crippen molar-refractivity contribution in [2.45, 2.75) is 26.4 Å². The van der Waals surface area contributed by atoms with Gasteiger partial charge in [-0.3, -0.25) is 4.79 Å². The van der Waals surface area contributed by atoms with Gasteiger partial charge < -0.3 is 9.88 Å². The van der Waals surface area contributed by atoms with Crippen LogP contribution in [0.1, 0.15) is 24.8 Å². The first kappa shape index (κ1) is 14.8. The molecule has 0 fully saturated rings. The molecule has 0 unspecified atom stereocenters. The number of rotatable bonds is 5.